The predicted octanol–water partition coefficient (Wildman–Crippen LogP) is 1.93. The Morgan fingerprint density at radius 2 is 2.07 bits per heavy atom. The van der Waals surface area contributed by atoms with E-state index in [0.29, 0.717) is 5.56 Å². The lowest BCUT2D eigenvalue weighted by Crippen LogP contribution is -2.29. The first kappa shape index (κ1) is 11.2. The predicted molar refractivity (Wildman–Crippen MR) is 55.4 cm³/mol. The molecule has 5 heteroatoms. The van der Waals surface area contributed by atoms with Gasteiger partial charge in [-0.2, -0.15) is 0 Å². The van der Waals surface area contributed by atoms with E-state index in [1.54, 1.807) is 30.3 Å². The fourth-order valence-corrected chi connectivity index (χ4v) is 1.20. The number of azide groups is 1. The van der Waals surface area contributed by atoms with Crippen molar-refractivity contribution >= 4 is 5.78 Å². The Morgan fingerprint density at radius 3 is 2.53 bits per heavy atom. The van der Waals surface area contributed by atoms with Crippen LogP contribution < -0.4 is 0 Å². The number of rotatable bonds is 4. The summed E-state index contributed by atoms with van der Waals surface area (Å²) in [5, 5.41) is 12.6. The summed E-state index contributed by atoms with van der Waals surface area (Å²) in [6.45, 7) is 1.42. The highest BCUT2D eigenvalue weighted by atomic mass is 16.3. The van der Waals surface area contributed by atoms with E-state index in [1.807, 2.05) is 0 Å². The van der Waals surface area contributed by atoms with Crippen LogP contribution in [0, 0.1) is 0 Å². The van der Waals surface area contributed by atoms with Gasteiger partial charge in [-0.05, 0) is 12.5 Å². The summed E-state index contributed by atoms with van der Waals surface area (Å²) in [7, 11) is 0. The summed E-state index contributed by atoms with van der Waals surface area (Å²) in [5.74, 6) is -0.372. The van der Waals surface area contributed by atoms with E-state index in [1.165, 1.54) is 6.92 Å². The number of carbonyl (C=O) groups excluding carboxylic acids is 1. The fraction of sp³-hybridized carbons (Fsp3) is 0.300. The van der Waals surface area contributed by atoms with Gasteiger partial charge in [0.15, 0.2) is 5.78 Å². The molecule has 15 heavy (non-hydrogen) atoms. The Hall–Kier alpha value is -1.84. The molecule has 0 aliphatic carbocycles. The van der Waals surface area contributed by atoms with Crippen molar-refractivity contribution in [3.05, 3.63) is 46.3 Å². The summed E-state index contributed by atoms with van der Waals surface area (Å²) in [5.41, 5.74) is 8.70. The Kier molecular flexibility index (Phi) is 3.85. The van der Waals surface area contributed by atoms with Crippen LogP contribution in [0.25, 0.3) is 10.4 Å². The van der Waals surface area contributed by atoms with Crippen molar-refractivity contribution in [1.82, 2.24) is 0 Å². The average molecular weight is 205 g/mol. The molecule has 0 fully saturated rings. The molecule has 0 saturated heterocycles. The zero-order valence-electron chi connectivity index (χ0n) is 8.24. The molecule has 0 aliphatic heterocycles. The molecule has 0 aromatic heterocycles. The maximum absolute atomic E-state index is 11.8. The van der Waals surface area contributed by atoms with E-state index < -0.39 is 12.1 Å². The van der Waals surface area contributed by atoms with Crippen LogP contribution in [0.4, 0.5) is 0 Å². The molecule has 1 aromatic rings. The van der Waals surface area contributed by atoms with E-state index in [0.717, 1.165) is 0 Å². The highest BCUT2D eigenvalue weighted by molar-refractivity contribution is 6.00. The molecule has 1 rings (SSSR count). The molecule has 2 unspecified atom stereocenters. The minimum absolute atomic E-state index is 0.372. The number of benzene rings is 1. The lowest BCUT2D eigenvalue weighted by molar-refractivity contribution is 0.0848. The number of nitrogens with zero attached hydrogens (tertiary/aromatic N) is 3. The number of carbonyl (C=O) groups is 1. The van der Waals surface area contributed by atoms with Gasteiger partial charge in [0.25, 0.3) is 0 Å². The SMILES string of the molecule is CC(O)C(N=[N+]=[N-])C(=O)c1ccccc1. The lowest BCUT2D eigenvalue weighted by atomic mass is 10.0. The summed E-state index contributed by atoms with van der Waals surface area (Å²) >= 11 is 0. The van der Waals surface area contributed by atoms with E-state index in [2.05, 4.69) is 10.0 Å². The van der Waals surface area contributed by atoms with Gasteiger partial charge in [-0.1, -0.05) is 35.4 Å². The van der Waals surface area contributed by atoms with Crippen LogP contribution in [-0.2, 0) is 0 Å². The zero-order valence-corrected chi connectivity index (χ0v) is 8.24. The van der Waals surface area contributed by atoms with E-state index in [9.17, 15) is 9.90 Å². The molecule has 0 spiro atoms. The van der Waals surface area contributed by atoms with E-state index >= 15 is 0 Å². The third-order valence-electron chi connectivity index (χ3n) is 1.96. The summed E-state index contributed by atoms with van der Waals surface area (Å²) in [4.78, 5) is 14.3. The van der Waals surface area contributed by atoms with Crippen LogP contribution in [-0.4, -0.2) is 23.0 Å². The van der Waals surface area contributed by atoms with Gasteiger partial charge in [-0.15, -0.1) is 0 Å². The molecular formula is C10H11N3O2. The number of hydrogen-bond acceptors (Lipinski definition) is 3. The van der Waals surface area contributed by atoms with Crippen molar-refractivity contribution in [3.63, 3.8) is 0 Å². The highest BCUT2D eigenvalue weighted by Crippen LogP contribution is 2.09. The lowest BCUT2D eigenvalue weighted by Gasteiger charge is -2.12. The standard InChI is InChI=1S/C10H11N3O2/c1-7(14)9(12-13-11)10(15)8-5-3-2-4-6-8/h2-7,9,14H,1H3. The molecule has 1 N–H and O–H groups in total. The molecule has 78 valence electrons. The van der Waals surface area contributed by atoms with Gasteiger partial charge in [0, 0.05) is 10.5 Å². The number of Topliss-reactive ketones (excluding diaryl/α,β-unsaturated/α-hetero) is 1. The van der Waals surface area contributed by atoms with Gasteiger partial charge in [0.2, 0.25) is 0 Å². The van der Waals surface area contributed by atoms with Crippen molar-refractivity contribution in [2.45, 2.75) is 19.1 Å². The quantitative estimate of drug-likeness (QED) is 0.352. The minimum Gasteiger partial charge on any atom is -0.393 e. The van der Waals surface area contributed by atoms with Gasteiger partial charge in [0.05, 0.1) is 6.10 Å². The third kappa shape index (κ3) is 2.80. The Morgan fingerprint density at radius 1 is 1.47 bits per heavy atom. The van der Waals surface area contributed by atoms with E-state index in [-0.39, 0.29) is 5.78 Å². The Balaban J connectivity index is 2.96. The van der Waals surface area contributed by atoms with Crippen molar-refractivity contribution in [2.75, 3.05) is 0 Å². The summed E-state index contributed by atoms with van der Waals surface area (Å²) in [6.07, 6.45) is -0.992. The minimum atomic E-state index is -1.06. The van der Waals surface area contributed by atoms with Crippen LogP contribution in [0.5, 0.6) is 0 Å². The summed E-state index contributed by atoms with van der Waals surface area (Å²) < 4.78 is 0. The smallest absolute Gasteiger partial charge is 0.174 e. The second-order valence-corrected chi connectivity index (χ2v) is 3.12. The van der Waals surface area contributed by atoms with Gasteiger partial charge in [-0.3, -0.25) is 4.79 Å². The van der Waals surface area contributed by atoms with Gasteiger partial charge >= 0.3 is 0 Å². The van der Waals surface area contributed by atoms with Crippen molar-refractivity contribution in [3.8, 4) is 0 Å². The van der Waals surface area contributed by atoms with Crippen molar-refractivity contribution < 1.29 is 9.90 Å². The maximum atomic E-state index is 11.8. The second-order valence-electron chi connectivity index (χ2n) is 3.12. The van der Waals surface area contributed by atoms with Gasteiger partial charge in [0.1, 0.15) is 6.04 Å². The van der Waals surface area contributed by atoms with Crippen LogP contribution in [0.1, 0.15) is 17.3 Å². The number of ketones is 1. The monoisotopic (exact) mass is 205 g/mol. The molecule has 5 nitrogen and oxygen atoms in total. The topological polar surface area (TPSA) is 86.1 Å². The number of aliphatic hydroxyl groups excluding tert-OH is 1. The molecule has 0 radical (unpaired) electrons. The van der Waals surface area contributed by atoms with Gasteiger partial charge < -0.3 is 5.11 Å². The highest BCUT2D eigenvalue weighted by Gasteiger charge is 2.23. The fourth-order valence-electron chi connectivity index (χ4n) is 1.20. The van der Waals surface area contributed by atoms with Crippen LogP contribution in [0.2, 0.25) is 0 Å². The number of hydrogen-bond donors (Lipinski definition) is 1. The first-order chi connectivity index (χ1) is 7.16. The van der Waals surface area contributed by atoms with Crippen LogP contribution in [0.3, 0.4) is 0 Å². The average Bonchev–Trinajstić information content (AvgIpc) is 2.26. The first-order valence-electron chi connectivity index (χ1n) is 4.48. The third-order valence-corrected chi connectivity index (χ3v) is 1.96. The van der Waals surface area contributed by atoms with Crippen LogP contribution in [0.15, 0.2) is 35.4 Å². The van der Waals surface area contributed by atoms with Crippen molar-refractivity contribution in [1.29, 1.82) is 0 Å². The normalized spacial score (nSPS) is 13.7. The largest absolute Gasteiger partial charge is 0.393 e. The summed E-state index contributed by atoms with van der Waals surface area (Å²) in [6, 6.07) is 7.37. The first-order valence-corrected chi connectivity index (χ1v) is 4.48. The van der Waals surface area contributed by atoms with E-state index in [4.69, 9.17) is 5.53 Å². The molecule has 0 aliphatic rings. The molecule has 2 atom stereocenters. The number of aliphatic hydroxyl groups is 1. The zero-order chi connectivity index (χ0) is 11.3. The Labute approximate surface area is 87.0 Å². The van der Waals surface area contributed by atoms with Gasteiger partial charge in [-0.25, -0.2) is 0 Å². The molecular weight excluding hydrogens is 194 g/mol. The molecule has 0 heterocycles. The second kappa shape index (κ2) is 5.14. The van der Waals surface area contributed by atoms with Crippen molar-refractivity contribution in [2.24, 2.45) is 5.11 Å². The molecule has 0 amide bonds. The molecule has 0 saturated carbocycles. The maximum Gasteiger partial charge on any atom is 0.174 e. The van der Waals surface area contributed by atoms with Crippen LogP contribution >= 0.6 is 0 Å². The molecule has 0 bridgehead atoms. The Bertz CT molecular complexity index is 383. The molecule has 1 aromatic carbocycles.